The van der Waals surface area contributed by atoms with Crippen LogP contribution in [0.4, 0.5) is 0 Å². The van der Waals surface area contributed by atoms with Crippen LogP contribution in [0.3, 0.4) is 0 Å². The molecule has 22 heavy (non-hydrogen) atoms. The third-order valence-electron chi connectivity index (χ3n) is 3.77. The summed E-state index contributed by atoms with van der Waals surface area (Å²) in [5.41, 5.74) is 0. The number of nitrogens with one attached hydrogen (secondary N) is 1. The molecule has 0 aromatic carbocycles. The highest BCUT2D eigenvalue weighted by molar-refractivity contribution is 5.33. The zero-order valence-corrected chi connectivity index (χ0v) is 14.5. The van der Waals surface area contributed by atoms with Crippen molar-refractivity contribution in [1.29, 1.82) is 5.41 Å². The molecule has 0 bridgehead atoms. The van der Waals surface area contributed by atoms with Crippen molar-refractivity contribution in [3.8, 4) is 0 Å². The van der Waals surface area contributed by atoms with E-state index in [-0.39, 0.29) is 6.04 Å². The van der Waals surface area contributed by atoms with E-state index in [0.29, 0.717) is 0 Å². The number of hydrogen-bond donors (Lipinski definition) is 1. The molecule has 0 aliphatic heterocycles. The maximum atomic E-state index is 10.4. The fraction of sp³-hybridized carbons (Fsp3) is 0.889. The fourth-order valence-corrected chi connectivity index (χ4v) is 2.49. The molecule has 0 heterocycles. The number of hydrogen-bond acceptors (Lipinski definition) is 4. The highest BCUT2D eigenvalue weighted by atomic mass is 16.1. The highest BCUT2D eigenvalue weighted by Gasteiger charge is 2.06. The van der Waals surface area contributed by atoms with Crippen molar-refractivity contribution in [2.24, 2.45) is 4.99 Å². The number of rotatable bonds is 14. The Bertz CT molecular complexity index is 293. The quantitative estimate of drug-likeness (QED) is 0.254. The molecular weight excluding hydrogens is 276 g/mol. The van der Waals surface area contributed by atoms with Gasteiger partial charge in [0.25, 0.3) is 0 Å². The Balaban J connectivity index is 0. The molecule has 0 aromatic rings. The van der Waals surface area contributed by atoms with Crippen molar-refractivity contribution >= 4 is 12.2 Å². The van der Waals surface area contributed by atoms with Crippen LogP contribution < -0.4 is 0 Å². The SMILES string of the molecule is CCCCCCCCC(CCCCCCC)N=C=O.N=C=O. The maximum Gasteiger partial charge on any atom is 0.235 e. The van der Waals surface area contributed by atoms with E-state index in [2.05, 4.69) is 18.8 Å². The van der Waals surface area contributed by atoms with E-state index in [9.17, 15) is 4.79 Å². The van der Waals surface area contributed by atoms with Gasteiger partial charge in [-0.25, -0.2) is 20.0 Å². The number of unbranched alkanes of at least 4 members (excludes halogenated alkanes) is 9. The lowest BCUT2D eigenvalue weighted by Crippen LogP contribution is -2.04. The van der Waals surface area contributed by atoms with Gasteiger partial charge in [0, 0.05) is 0 Å². The van der Waals surface area contributed by atoms with Gasteiger partial charge in [-0.15, -0.1) is 0 Å². The molecule has 4 nitrogen and oxygen atoms in total. The summed E-state index contributed by atoms with van der Waals surface area (Å²) in [5, 5.41) is 5.40. The smallest absolute Gasteiger partial charge is 0.222 e. The van der Waals surface area contributed by atoms with Crippen molar-refractivity contribution in [2.45, 2.75) is 103 Å². The first kappa shape index (κ1) is 23.0. The molecule has 1 N–H and O–H groups in total. The predicted octanol–water partition coefficient (Wildman–Crippen LogP) is 5.70. The molecule has 0 amide bonds. The molecular formula is C18H34N2O2. The lowest BCUT2D eigenvalue weighted by Gasteiger charge is -2.10. The first-order chi connectivity index (χ1) is 10.8. The largest absolute Gasteiger partial charge is 0.235 e. The van der Waals surface area contributed by atoms with Crippen LogP contribution in [-0.2, 0) is 9.59 Å². The Hall–Kier alpha value is -1.24. The molecule has 0 aromatic heterocycles. The van der Waals surface area contributed by atoms with Crippen LogP contribution in [0, 0.1) is 5.41 Å². The van der Waals surface area contributed by atoms with Crippen molar-refractivity contribution in [1.82, 2.24) is 0 Å². The van der Waals surface area contributed by atoms with Gasteiger partial charge in [0.2, 0.25) is 12.2 Å². The second kappa shape index (κ2) is 22.0. The van der Waals surface area contributed by atoms with Gasteiger partial charge in [-0.1, -0.05) is 84.5 Å². The molecule has 0 fully saturated rings. The second-order valence-corrected chi connectivity index (χ2v) is 5.74. The Kier molecular flexibility index (Phi) is 23.1. The molecule has 0 saturated carbocycles. The van der Waals surface area contributed by atoms with Crippen LogP contribution in [0.15, 0.2) is 4.99 Å². The first-order valence-corrected chi connectivity index (χ1v) is 8.87. The van der Waals surface area contributed by atoms with Crippen LogP contribution in [-0.4, -0.2) is 18.2 Å². The molecule has 0 rings (SSSR count). The van der Waals surface area contributed by atoms with E-state index in [1.54, 1.807) is 6.08 Å². The van der Waals surface area contributed by atoms with Gasteiger partial charge in [0.15, 0.2) is 0 Å². The minimum atomic E-state index is 0.241. The van der Waals surface area contributed by atoms with E-state index in [4.69, 9.17) is 10.2 Å². The normalized spacial score (nSPS) is 10.8. The standard InChI is InChI=1S/C17H33NO.CHNO/c1-3-5-7-9-11-13-15-17(18-16-19)14-12-10-8-6-4-2;2-1-3/h17H,3-15H2,1-2H3;2H. The predicted molar refractivity (Wildman–Crippen MR) is 91.7 cm³/mol. The maximum absolute atomic E-state index is 10.4. The van der Waals surface area contributed by atoms with Crippen molar-refractivity contribution in [2.75, 3.05) is 0 Å². The molecule has 128 valence electrons. The summed E-state index contributed by atoms with van der Waals surface area (Å²) in [5.74, 6) is 0. The summed E-state index contributed by atoms with van der Waals surface area (Å²) in [6, 6.07) is 0.241. The number of isocyanates is 2. The van der Waals surface area contributed by atoms with E-state index >= 15 is 0 Å². The van der Waals surface area contributed by atoms with Crippen LogP contribution >= 0.6 is 0 Å². The average molecular weight is 310 g/mol. The van der Waals surface area contributed by atoms with Crippen molar-refractivity contribution in [3.63, 3.8) is 0 Å². The van der Waals surface area contributed by atoms with E-state index in [0.717, 1.165) is 18.9 Å². The van der Waals surface area contributed by atoms with Crippen LogP contribution in [0.2, 0.25) is 0 Å². The van der Waals surface area contributed by atoms with Gasteiger partial charge in [0.1, 0.15) is 0 Å². The average Bonchev–Trinajstić information content (AvgIpc) is 2.51. The van der Waals surface area contributed by atoms with Crippen LogP contribution in [0.1, 0.15) is 97.3 Å². The topological polar surface area (TPSA) is 70.3 Å². The Labute approximate surface area is 136 Å². The fourth-order valence-electron chi connectivity index (χ4n) is 2.49. The van der Waals surface area contributed by atoms with Gasteiger partial charge >= 0.3 is 0 Å². The monoisotopic (exact) mass is 310 g/mol. The van der Waals surface area contributed by atoms with Gasteiger partial charge in [-0.05, 0) is 12.8 Å². The third-order valence-corrected chi connectivity index (χ3v) is 3.77. The van der Waals surface area contributed by atoms with Gasteiger partial charge in [-0.3, -0.25) is 0 Å². The molecule has 0 saturated heterocycles. The summed E-state index contributed by atoms with van der Waals surface area (Å²) in [7, 11) is 0. The van der Waals surface area contributed by atoms with Crippen LogP contribution in [0.25, 0.3) is 0 Å². The summed E-state index contributed by atoms with van der Waals surface area (Å²) in [6.45, 7) is 4.48. The number of aliphatic imine (C=N–C) groups is 1. The number of carbonyl (C=O) groups excluding carboxylic acids is 2. The number of nitrogens with zero attached hydrogens (tertiary/aromatic N) is 1. The highest BCUT2D eigenvalue weighted by Crippen LogP contribution is 2.15. The van der Waals surface area contributed by atoms with E-state index < -0.39 is 0 Å². The molecule has 4 heteroatoms. The lowest BCUT2D eigenvalue weighted by molar-refractivity contribution is 0.481. The first-order valence-electron chi connectivity index (χ1n) is 8.87. The van der Waals surface area contributed by atoms with E-state index in [1.807, 2.05) is 0 Å². The minimum Gasteiger partial charge on any atom is -0.222 e. The van der Waals surface area contributed by atoms with E-state index in [1.165, 1.54) is 70.6 Å². The summed E-state index contributed by atoms with van der Waals surface area (Å²) in [4.78, 5) is 22.8. The second-order valence-electron chi connectivity index (χ2n) is 5.74. The van der Waals surface area contributed by atoms with Crippen LogP contribution in [0.5, 0.6) is 0 Å². The van der Waals surface area contributed by atoms with Gasteiger partial charge in [0.05, 0.1) is 6.04 Å². The summed E-state index contributed by atoms with van der Waals surface area (Å²) < 4.78 is 0. The van der Waals surface area contributed by atoms with Crippen molar-refractivity contribution < 1.29 is 9.59 Å². The zero-order chi connectivity index (χ0) is 16.9. The van der Waals surface area contributed by atoms with Gasteiger partial charge < -0.3 is 0 Å². The molecule has 1 unspecified atom stereocenters. The summed E-state index contributed by atoms with van der Waals surface area (Å²) in [6.07, 6.45) is 19.0. The molecule has 1 atom stereocenters. The Morgan fingerprint density at radius 3 is 1.50 bits per heavy atom. The zero-order valence-electron chi connectivity index (χ0n) is 14.5. The lowest BCUT2D eigenvalue weighted by atomic mass is 10.0. The molecule has 0 radical (unpaired) electrons. The third kappa shape index (κ3) is 21.1. The van der Waals surface area contributed by atoms with Gasteiger partial charge in [-0.2, -0.15) is 0 Å². The Morgan fingerprint density at radius 1 is 0.773 bits per heavy atom. The molecule has 0 aliphatic carbocycles. The molecule has 0 aliphatic rings. The molecule has 0 spiro atoms. The minimum absolute atomic E-state index is 0.241. The Morgan fingerprint density at radius 2 is 1.14 bits per heavy atom. The summed E-state index contributed by atoms with van der Waals surface area (Å²) >= 11 is 0. The van der Waals surface area contributed by atoms with Crippen molar-refractivity contribution in [3.05, 3.63) is 0 Å².